The SMILES string of the molecule is CC(C)(C)OC(=O)N1CCC[C@H]1CNCc1ccn(-c2ccccc2)n1. The van der Waals surface area contributed by atoms with Gasteiger partial charge in [0.2, 0.25) is 0 Å². The molecule has 0 saturated carbocycles. The molecule has 26 heavy (non-hydrogen) atoms. The molecule has 2 aromatic rings. The number of hydrogen-bond donors (Lipinski definition) is 1. The van der Waals surface area contributed by atoms with Crippen LogP contribution in [0.15, 0.2) is 42.6 Å². The van der Waals surface area contributed by atoms with Crippen molar-refractivity contribution in [1.29, 1.82) is 0 Å². The lowest BCUT2D eigenvalue weighted by molar-refractivity contribution is 0.0226. The number of nitrogens with one attached hydrogen (secondary N) is 1. The summed E-state index contributed by atoms with van der Waals surface area (Å²) in [6.45, 7) is 7.89. The van der Waals surface area contributed by atoms with E-state index in [9.17, 15) is 4.79 Å². The normalized spacial score (nSPS) is 17.5. The highest BCUT2D eigenvalue weighted by Crippen LogP contribution is 2.20. The number of hydrogen-bond acceptors (Lipinski definition) is 4. The Morgan fingerprint density at radius 1 is 1.27 bits per heavy atom. The third-order valence-corrected chi connectivity index (χ3v) is 4.36. The van der Waals surface area contributed by atoms with Crippen molar-refractivity contribution in [1.82, 2.24) is 20.0 Å². The first-order valence-electron chi connectivity index (χ1n) is 9.23. The van der Waals surface area contributed by atoms with Crippen LogP contribution in [0.1, 0.15) is 39.3 Å². The summed E-state index contributed by atoms with van der Waals surface area (Å²) in [5.74, 6) is 0. The van der Waals surface area contributed by atoms with Gasteiger partial charge in [0.1, 0.15) is 5.60 Å². The maximum atomic E-state index is 12.3. The van der Waals surface area contributed by atoms with Gasteiger partial charge in [0, 0.05) is 31.9 Å². The molecule has 1 saturated heterocycles. The van der Waals surface area contributed by atoms with E-state index < -0.39 is 5.60 Å². The predicted octanol–water partition coefficient (Wildman–Crippen LogP) is 3.36. The topological polar surface area (TPSA) is 59.4 Å². The van der Waals surface area contributed by atoms with Gasteiger partial charge in [0.25, 0.3) is 0 Å². The molecule has 0 aliphatic carbocycles. The van der Waals surface area contributed by atoms with E-state index in [2.05, 4.69) is 10.4 Å². The number of amides is 1. The first kappa shape index (κ1) is 18.5. The number of rotatable bonds is 5. The third kappa shape index (κ3) is 4.85. The Morgan fingerprint density at radius 3 is 2.77 bits per heavy atom. The van der Waals surface area contributed by atoms with Crippen LogP contribution in [-0.2, 0) is 11.3 Å². The van der Waals surface area contributed by atoms with Gasteiger partial charge in [-0.15, -0.1) is 0 Å². The number of aromatic nitrogens is 2. The van der Waals surface area contributed by atoms with Crippen LogP contribution < -0.4 is 5.32 Å². The zero-order valence-electron chi connectivity index (χ0n) is 15.8. The molecule has 1 aromatic carbocycles. The molecule has 1 atom stereocenters. The van der Waals surface area contributed by atoms with Crippen molar-refractivity contribution in [3.05, 3.63) is 48.3 Å². The number of ether oxygens (including phenoxy) is 1. The lowest BCUT2D eigenvalue weighted by Gasteiger charge is -2.28. The molecule has 1 amide bonds. The van der Waals surface area contributed by atoms with Gasteiger partial charge in [-0.2, -0.15) is 5.10 Å². The van der Waals surface area contributed by atoms with Crippen molar-refractivity contribution in [3.8, 4) is 5.69 Å². The average Bonchev–Trinajstić information content (AvgIpc) is 3.24. The monoisotopic (exact) mass is 356 g/mol. The van der Waals surface area contributed by atoms with Crippen molar-refractivity contribution in [3.63, 3.8) is 0 Å². The van der Waals surface area contributed by atoms with E-state index in [4.69, 9.17) is 4.74 Å². The molecule has 1 aromatic heterocycles. The van der Waals surface area contributed by atoms with Crippen LogP contribution in [0.5, 0.6) is 0 Å². The summed E-state index contributed by atoms with van der Waals surface area (Å²) in [4.78, 5) is 14.2. The van der Waals surface area contributed by atoms with E-state index in [1.165, 1.54) is 0 Å². The molecule has 1 fully saturated rings. The van der Waals surface area contributed by atoms with E-state index in [1.54, 1.807) is 0 Å². The molecule has 1 aliphatic heterocycles. The molecule has 0 spiro atoms. The molecule has 6 heteroatoms. The van der Waals surface area contributed by atoms with E-state index in [0.29, 0.717) is 6.54 Å². The zero-order valence-corrected chi connectivity index (χ0v) is 15.8. The van der Waals surface area contributed by atoms with E-state index in [1.807, 2.05) is 72.9 Å². The van der Waals surface area contributed by atoms with Crippen LogP contribution in [0.2, 0.25) is 0 Å². The molecular weight excluding hydrogens is 328 g/mol. The summed E-state index contributed by atoms with van der Waals surface area (Å²) in [7, 11) is 0. The Bertz CT molecular complexity index is 721. The van der Waals surface area contributed by atoms with Crippen LogP contribution in [0.25, 0.3) is 5.69 Å². The molecule has 1 N–H and O–H groups in total. The summed E-state index contributed by atoms with van der Waals surface area (Å²) in [6, 6.07) is 12.2. The fourth-order valence-electron chi connectivity index (χ4n) is 3.16. The summed E-state index contributed by atoms with van der Waals surface area (Å²) in [5.41, 5.74) is 1.57. The first-order chi connectivity index (χ1) is 12.4. The van der Waals surface area contributed by atoms with Gasteiger partial charge in [-0.1, -0.05) is 18.2 Å². The maximum absolute atomic E-state index is 12.3. The summed E-state index contributed by atoms with van der Waals surface area (Å²) >= 11 is 0. The fourth-order valence-corrected chi connectivity index (χ4v) is 3.16. The number of carbonyl (C=O) groups is 1. The molecule has 0 radical (unpaired) electrons. The number of para-hydroxylation sites is 1. The van der Waals surface area contributed by atoms with Crippen LogP contribution in [0.4, 0.5) is 4.79 Å². The van der Waals surface area contributed by atoms with Crippen molar-refractivity contribution in [2.75, 3.05) is 13.1 Å². The Hall–Kier alpha value is -2.34. The highest BCUT2D eigenvalue weighted by atomic mass is 16.6. The lowest BCUT2D eigenvalue weighted by atomic mass is 10.2. The predicted molar refractivity (Wildman–Crippen MR) is 101 cm³/mol. The van der Waals surface area contributed by atoms with Crippen LogP contribution in [0.3, 0.4) is 0 Å². The van der Waals surface area contributed by atoms with Crippen LogP contribution in [-0.4, -0.2) is 45.5 Å². The Balaban J connectivity index is 1.50. The van der Waals surface area contributed by atoms with Crippen molar-refractivity contribution in [2.45, 2.75) is 51.8 Å². The fraction of sp³-hybridized carbons (Fsp3) is 0.500. The van der Waals surface area contributed by atoms with Gasteiger partial charge in [-0.25, -0.2) is 9.48 Å². The van der Waals surface area contributed by atoms with Gasteiger partial charge in [0.05, 0.1) is 11.4 Å². The van der Waals surface area contributed by atoms with Crippen molar-refractivity contribution >= 4 is 6.09 Å². The Labute approximate surface area is 155 Å². The number of carbonyl (C=O) groups excluding carboxylic acids is 1. The Morgan fingerprint density at radius 2 is 2.04 bits per heavy atom. The molecule has 1 aliphatic rings. The smallest absolute Gasteiger partial charge is 0.410 e. The summed E-state index contributed by atoms with van der Waals surface area (Å²) < 4.78 is 7.39. The maximum Gasteiger partial charge on any atom is 0.410 e. The van der Waals surface area contributed by atoms with Crippen LogP contribution in [0, 0.1) is 0 Å². The first-order valence-corrected chi connectivity index (χ1v) is 9.23. The summed E-state index contributed by atoms with van der Waals surface area (Å²) in [5, 5.41) is 8.03. The molecule has 0 bridgehead atoms. The summed E-state index contributed by atoms with van der Waals surface area (Å²) in [6.07, 6.45) is 3.78. The number of nitrogens with zero attached hydrogens (tertiary/aromatic N) is 3. The largest absolute Gasteiger partial charge is 0.444 e. The molecule has 0 unspecified atom stereocenters. The van der Waals surface area contributed by atoms with Crippen molar-refractivity contribution in [2.24, 2.45) is 0 Å². The third-order valence-electron chi connectivity index (χ3n) is 4.36. The highest BCUT2D eigenvalue weighted by molar-refractivity contribution is 5.69. The van der Waals surface area contributed by atoms with Gasteiger partial charge in [-0.3, -0.25) is 0 Å². The van der Waals surface area contributed by atoms with Crippen LogP contribution >= 0.6 is 0 Å². The van der Waals surface area contributed by atoms with Gasteiger partial charge < -0.3 is 15.0 Å². The van der Waals surface area contributed by atoms with Gasteiger partial charge in [-0.05, 0) is 51.8 Å². The Kier molecular flexibility index (Phi) is 5.61. The zero-order chi connectivity index (χ0) is 18.6. The molecule has 6 nitrogen and oxygen atoms in total. The standard InChI is InChI=1S/C20H28N4O2/c1-20(2,3)26-19(25)23-12-7-10-18(23)15-21-14-16-11-13-24(22-16)17-8-5-4-6-9-17/h4-6,8-9,11,13,18,21H,7,10,12,14-15H2,1-3H3/t18-/m0/s1. The second-order valence-electron chi connectivity index (χ2n) is 7.69. The van der Waals surface area contributed by atoms with Gasteiger partial charge in [0.15, 0.2) is 0 Å². The minimum atomic E-state index is -0.456. The van der Waals surface area contributed by atoms with E-state index in [-0.39, 0.29) is 12.1 Å². The number of likely N-dealkylation sites (tertiary alicyclic amines) is 1. The molecule has 3 rings (SSSR count). The quantitative estimate of drug-likeness (QED) is 0.892. The molecule has 140 valence electrons. The minimum absolute atomic E-state index is 0.182. The van der Waals surface area contributed by atoms with E-state index >= 15 is 0 Å². The minimum Gasteiger partial charge on any atom is -0.444 e. The second kappa shape index (κ2) is 7.91. The van der Waals surface area contributed by atoms with Gasteiger partial charge >= 0.3 is 6.09 Å². The van der Waals surface area contributed by atoms with E-state index in [0.717, 1.165) is 37.3 Å². The van der Waals surface area contributed by atoms with Crippen molar-refractivity contribution < 1.29 is 9.53 Å². The number of benzene rings is 1. The molecular formula is C20H28N4O2. The lowest BCUT2D eigenvalue weighted by Crippen LogP contribution is -2.44. The average molecular weight is 356 g/mol. The highest BCUT2D eigenvalue weighted by Gasteiger charge is 2.31. The molecule has 2 heterocycles. The second-order valence-corrected chi connectivity index (χ2v) is 7.69.